The Morgan fingerprint density at radius 2 is 1.97 bits per heavy atom. The van der Waals surface area contributed by atoms with Gasteiger partial charge in [-0.1, -0.05) is 24.3 Å². The highest BCUT2D eigenvalue weighted by Gasteiger charge is 2.57. The van der Waals surface area contributed by atoms with Gasteiger partial charge in [-0.25, -0.2) is 0 Å². The van der Waals surface area contributed by atoms with E-state index in [1.807, 2.05) is 62.6 Å². The Kier molecular flexibility index (Phi) is 6.82. The van der Waals surface area contributed by atoms with Crippen LogP contribution in [0.3, 0.4) is 0 Å². The van der Waals surface area contributed by atoms with Crippen molar-refractivity contribution in [1.29, 1.82) is 0 Å². The van der Waals surface area contributed by atoms with Crippen molar-refractivity contribution in [2.45, 2.75) is 49.0 Å². The number of hydrogen-bond acceptors (Lipinski definition) is 7. The van der Waals surface area contributed by atoms with E-state index < -0.39 is 16.8 Å². The zero-order valence-corrected chi connectivity index (χ0v) is 22.0. The van der Waals surface area contributed by atoms with Crippen LogP contribution in [0, 0.1) is 0 Å². The van der Waals surface area contributed by atoms with E-state index in [2.05, 4.69) is 10.6 Å². The molecular formula is C26H29N3O5S2. The number of hydrogen-bond donors (Lipinski definition) is 2. The summed E-state index contributed by atoms with van der Waals surface area (Å²) in [5.41, 5.74) is 2.46. The molecule has 0 aliphatic carbocycles. The lowest BCUT2D eigenvalue weighted by Crippen LogP contribution is -2.57. The standard InChI is InChI=1S/C26H29N3O5S2/c1-26(2)21(29-24(32)16-6-4-5-7-17(16)25(29)36-26)23(31)28-18(10-11-35-3)22(30)27-13-15-8-9-19-20(12-15)34-14-33-19/h4-9,12,18,21,25H,10-11,13-14H2,1-3H3,(H,27,30)(H,28,31)/t18-,21+,25+/m0/s1. The van der Waals surface area contributed by atoms with Gasteiger partial charge in [-0.05, 0) is 61.6 Å². The molecule has 2 aromatic carbocycles. The number of carbonyl (C=O) groups is 3. The van der Waals surface area contributed by atoms with Crippen LogP contribution in [0.15, 0.2) is 42.5 Å². The summed E-state index contributed by atoms with van der Waals surface area (Å²) in [6.45, 7) is 4.45. The van der Waals surface area contributed by atoms with Crippen LogP contribution in [-0.4, -0.2) is 58.3 Å². The molecule has 3 amide bonds. The molecule has 0 aromatic heterocycles. The normalized spacial score (nSPS) is 21.6. The molecule has 5 rings (SSSR count). The van der Waals surface area contributed by atoms with Crippen molar-refractivity contribution in [2.24, 2.45) is 0 Å². The number of ether oxygens (including phenoxy) is 2. The van der Waals surface area contributed by atoms with Crippen molar-refractivity contribution in [1.82, 2.24) is 15.5 Å². The van der Waals surface area contributed by atoms with Crippen LogP contribution >= 0.6 is 23.5 Å². The first kappa shape index (κ1) is 24.8. The fourth-order valence-electron chi connectivity index (χ4n) is 4.92. The monoisotopic (exact) mass is 527 g/mol. The second-order valence-corrected chi connectivity index (χ2v) is 12.2. The largest absolute Gasteiger partial charge is 0.454 e. The van der Waals surface area contributed by atoms with Gasteiger partial charge in [-0.2, -0.15) is 11.8 Å². The molecule has 1 fully saturated rings. The summed E-state index contributed by atoms with van der Waals surface area (Å²) >= 11 is 3.22. The van der Waals surface area contributed by atoms with Crippen molar-refractivity contribution in [3.05, 3.63) is 59.2 Å². The number of fused-ring (bicyclic) bond motifs is 4. The van der Waals surface area contributed by atoms with E-state index in [1.165, 1.54) is 0 Å². The van der Waals surface area contributed by atoms with E-state index in [0.29, 0.717) is 35.8 Å². The first-order valence-electron chi connectivity index (χ1n) is 11.8. The van der Waals surface area contributed by atoms with E-state index >= 15 is 0 Å². The van der Waals surface area contributed by atoms with Gasteiger partial charge in [-0.3, -0.25) is 14.4 Å². The number of benzene rings is 2. The van der Waals surface area contributed by atoms with Gasteiger partial charge in [0.1, 0.15) is 17.5 Å². The summed E-state index contributed by atoms with van der Waals surface area (Å²) in [6.07, 6.45) is 2.45. The Morgan fingerprint density at radius 1 is 1.19 bits per heavy atom. The van der Waals surface area contributed by atoms with Crippen LogP contribution in [-0.2, 0) is 16.1 Å². The molecule has 0 spiro atoms. The fourth-order valence-corrected chi connectivity index (χ4v) is 6.98. The van der Waals surface area contributed by atoms with Gasteiger partial charge < -0.3 is 25.0 Å². The van der Waals surface area contributed by atoms with Crippen molar-refractivity contribution >= 4 is 41.2 Å². The highest BCUT2D eigenvalue weighted by Crippen LogP contribution is 2.56. The quantitative estimate of drug-likeness (QED) is 0.544. The number of thioether (sulfide) groups is 2. The topological polar surface area (TPSA) is 97.0 Å². The molecule has 0 saturated carbocycles. The smallest absolute Gasteiger partial charge is 0.256 e. The highest BCUT2D eigenvalue weighted by molar-refractivity contribution is 8.01. The Hall–Kier alpha value is -2.85. The lowest BCUT2D eigenvalue weighted by molar-refractivity contribution is -0.132. The molecule has 0 unspecified atom stereocenters. The van der Waals surface area contributed by atoms with E-state index in [-0.39, 0.29) is 29.9 Å². The molecule has 190 valence electrons. The van der Waals surface area contributed by atoms with Crippen molar-refractivity contribution < 1.29 is 23.9 Å². The summed E-state index contributed by atoms with van der Waals surface area (Å²) < 4.78 is 10.2. The number of carbonyl (C=O) groups excluding carboxylic acids is 3. The van der Waals surface area contributed by atoms with E-state index in [4.69, 9.17) is 9.47 Å². The number of nitrogens with one attached hydrogen (secondary N) is 2. The lowest BCUT2D eigenvalue weighted by Gasteiger charge is -2.31. The minimum Gasteiger partial charge on any atom is -0.454 e. The SMILES string of the molecule is CSCC[C@H](NC(=O)[C@H]1N2C(=O)c3ccccc3[C@H]2SC1(C)C)C(=O)NCc1ccc2c(c1)OCO2. The molecule has 2 aromatic rings. The predicted octanol–water partition coefficient (Wildman–Crippen LogP) is 3.32. The van der Waals surface area contributed by atoms with Gasteiger partial charge in [0.25, 0.3) is 5.91 Å². The molecule has 0 radical (unpaired) electrons. The average molecular weight is 528 g/mol. The molecule has 3 aliphatic rings. The Labute approximate surface area is 218 Å². The van der Waals surface area contributed by atoms with Crippen LogP contribution in [0.4, 0.5) is 0 Å². The Bertz CT molecular complexity index is 1200. The summed E-state index contributed by atoms with van der Waals surface area (Å²) in [5.74, 6) is 1.35. The summed E-state index contributed by atoms with van der Waals surface area (Å²) in [4.78, 5) is 41.7. The van der Waals surface area contributed by atoms with Gasteiger partial charge >= 0.3 is 0 Å². The van der Waals surface area contributed by atoms with Crippen LogP contribution in [0.2, 0.25) is 0 Å². The van der Waals surface area contributed by atoms with Crippen molar-refractivity contribution in [3.63, 3.8) is 0 Å². The fraction of sp³-hybridized carbons (Fsp3) is 0.423. The van der Waals surface area contributed by atoms with Gasteiger partial charge in [0.2, 0.25) is 18.6 Å². The summed E-state index contributed by atoms with van der Waals surface area (Å²) in [7, 11) is 0. The van der Waals surface area contributed by atoms with E-state index in [1.54, 1.807) is 28.4 Å². The number of amides is 3. The average Bonchev–Trinajstić information content (AvgIpc) is 3.51. The maximum atomic E-state index is 13.6. The second kappa shape index (κ2) is 9.89. The third-order valence-corrected chi connectivity index (χ3v) is 8.87. The maximum absolute atomic E-state index is 13.6. The first-order chi connectivity index (χ1) is 17.3. The Morgan fingerprint density at radius 3 is 2.78 bits per heavy atom. The molecule has 1 saturated heterocycles. The van der Waals surface area contributed by atoms with Crippen molar-refractivity contribution in [3.8, 4) is 11.5 Å². The maximum Gasteiger partial charge on any atom is 0.256 e. The van der Waals surface area contributed by atoms with Gasteiger partial charge in [0, 0.05) is 16.9 Å². The molecule has 3 atom stereocenters. The lowest BCUT2D eigenvalue weighted by atomic mass is 10.00. The molecule has 8 nitrogen and oxygen atoms in total. The molecular weight excluding hydrogens is 498 g/mol. The van der Waals surface area contributed by atoms with Gasteiger partial charge in [0.15, 0.2) is 11.5 Å². The first-order valence-corrected chi connectivity index (χ1v) is 14.1. The molecule has 10 heteroatoms. The zero-order chi connectivity index (χ0) is 25.4. The van der Waals surface area contributed by atoms with Gasteiger partial charge in [-0.15, -0.1) is 11.8 Å². The van der Waals surface area contributed by atoms with E-state index in [9.17, 15) is 14.4 Å². The highest BCUT2D eigenvalue weighted by atomic mass is 32.2. The number of nitrogens with zero attached hydrogens (tertiary/aromatic N) is 1. The van der Waals surface area contributed by atoms with Crippen LogP contribution < -0.4 is 20.1 Å². The molecule has 0 bridgehead atoms. The molecule has 3 aliphatic heterocycles. The van der Waals surface area contributed by atoms with Crippen LogP contribution in [0.25, 0.3) is 0 Å². The zero-order valence-electron chi connectivity index (χ0n) is 20.4. The third kappa shape index (κ3) is 4.52. The van der Waals surface area contributed by atoms with Gasteiger partial charge in [0.05, 0.1) is 0 Å². The third-order valence-electron chi connectivity index (χ3n) is 6.69. The minimum absolute atomic E-state index is 0.137. The van der Waals surface area contributed by atoms with Crippen LogP contribution in [0.5, 0.6) is 11.5 Å². The molecule has 3 heterocycles. The minimum atomic E-state index is -0.709. The summed E-state index contributed by atoms with van der Waals surface area (Å²) in [6, 6.07) is 11.6. The summed E-state index contributed by atoms with van der Waals surface area (Å²) in [5, 5.41) is 5.71. The van der Waals surface area contributed by atoms with E-state index in [0.717, 1.165) is 11.1 Å². The number of rotatable bonds is 8. The Balaban J connectivity index is 1.29. The predicted molar refractivity (Wildman–Crippen MR) is 140 cm³/mol. The second-order valence-electron chi connectivity index (χ2n) is 9.52. The van der Waals surface area contributed by atoms with Crippen LogP contribution in [0.1, 0.15) is 47.1 Å². The molecule has 36 heavy (non-hydrogen) atoms. The molecule has 2 N–H and O–H groups in total. The van der Waals surface area contributed by atoms with Crippen molar-refractivity contribution in [2.75, 3.05) is 18.8 Å².